The average Bonchev–Trinajstić information content (AvgIpc) is 3.13. The Balaban J connectivity index is 1.55. The minimum Gasteiger partial charge on any atom is -0.325 e. The largest absolute Gasteiger partial charge is 0.325 e. The second-order valence-electron chi connectivity index (χ2n) is 7.03. The molecule has 20 heavy (non-hydrogen) atoms. The van der Waals surface area contributed by atoms with Gasteiger partial charge in [0.15, 0.2) is 0 Å². The Bertz CT molecular complexity index is 359. The normalized spacial score (nSPS) is 30.2. The van der Waals surface area contributed by atoms with Crippen molar-refractivity contribution < 1.29 is 4.79 Å². The maximum atomic E-state index is 12.7. The van der Waals surface area contributed by atoms with Crippen LogP contribution in [-0.2, 0) is 4.79 Å². The molecule has 0 aromatic rings. The van der Waals surface area contributed by atoms with Crippen LogP contribution in [0.25, 0.3) is 0 Å². The van der Waals surface area contributed by atoms with Gasteiger partial charge in [0.25, 0.3) is 0 Å². The fourth-order valence-corrected chi connectivity index (χ4v) is 4.42. The molecule has 0 aromatic heterocycles. The fraction of sp³-hybridized carbons (Fsp3) is 0.938. The van der Waals surface area contributed by atoms with E-state index >= 15 is 0 Å². The van der Waals surface area contributed by atoms with Crippen molar-refractivity contribution in [3.63, 3.8) is 0 Å². The minimum atomic E-state index is -0.203. The topological polar surface area (TPSA) is 35.6 Å². The van der Waals surface area contributed by atoms with Crippen LogP contribution >= 0.6 is 0 Å². The molecule has 2 saturated carbocycles. The summed E-state index contributed by atoms with van der Waals surface area (Å²) in [6.45, 7) is 4.03. The van der Waals surface area contributed by atoms with Gasteiger partial charge in [-0.1, -0.05) is 25.7 Å². The predicted molar refractivity (Wildman–Crippen MR) is 80.4 cm³/mol. The number of hydrogen-bond acceptors (Lipinski definition) is 3. The van der Waals surface area contributed by atoms with Gasteiger partial charge in [-0.05, 0) is 39.7 Å². The Labute approximate surface area is 122 Å². The van der Waals surface area contributed by atoms with Gasteiger partial charge in [0.05, 0.1) is 11.7 Å². The molecular formula is C16H29N3O. The second kappa shape index (κ2) is 5.64. The van der Waals surface area contributed by atoms with E-state index in [1.807, 2.05) is 0 Å². The first-order valence-electron chi connectivity index (χ1n) is 8.41. The van der Waals surface area contributed by atoms with E-state index in [0.717, 1.165) is 32.0 Å². The number of carbonyl (C=O) groups excluding carboxylic acids is 1. The highest BCUT2D eigenvalue weighted by molar-refractivity contribution is 5.89. The van der Waals surface area contributed by atoms with E-state index < -0.39 is 0 Å². The average molecular weight is 279 g/mol. The zero-order valence-electron chi connectivity index (χ0n) is 13.0. The molecule has 3 fully saturated rings. The molecule has 1 heterocycles. The highest BCUT2D eigenvalue weighted by Gasteiger charge is 2.50. The molecule has 4 heteroatoms. The lowest BCUT2D eigenvalue weighted by Gasteiger charge is -2.28. The molecule has 1 atom stereocenters. The van der Waals surface area contributed by atoms with Gasteiger partial charge in [0.2, 0.25) is 5.91 Å². The Kier molecular flexibility index (Phi) is 4.04. The van der Waals surface area contributed by atoms with Gasteiger partial charge in [-0.25, -0.2) is 0 Å². The summed E-state index contributed by atoms with van der Waals surface area (Å²) in [6, 6.07) is 0.747. The van der Waals surface area contributed by atoms with Gasteiger partial charge in [-0.2, -0.15) is 0 Å². The van der Waals surface area contributed by atoms with Gasteiger partial charge < -0.3 is 9.80 Å². The number of nitrogens with zero attached hydrogens (tertiary/aromatic N) is 2. The van der Waals surface area contributed by atoms with Crippen molar-refractivity contribution in [2.24, 2.45) is 0 Å². The Morgan fingerprint density at radius 2 is 1.90 bits per heavy atom. The summed E-state index contributed by atoms with van der Waals surface area (Å²) in [5.74, 6) is 0.363. The smallest absolute Gasteiger partial charge is 0.244 e. The molecule has 1 saturated heterocycles. The molecule has 1 N–H and O–H groups in total. The second-order valence-corrected chi connectivity index (χ2v) is 7.03. The molecule has 0 aromatic carbocycles. The maximum absolute atomic E-state index is 12.7. The van der Waals surface area contributed by atoms with Crippen LogP contribution in [0, 0.1) is 0 Å². The first-order chi connectivity index (χ1) is 9.62. The van der Waals surface area contributed by atoms with Crippen molar-refractivity contribution in [3.8, 4) is 0 Å². The molecule has 1 spiro atoms. The summed E-state index contributed by atoms with van der Waals surface area (Å²) in [5.41, 5.74) is -0.203. The molecule has 2 aliphatic carbocycles. The third kappa shape index (κ3) is 2.48. The SMILES string of the molecule is CC1NC2(CCCC2)C(=O)N1CCN(C)C1CCCC1. The van der Waals surface area contributed by atoms with Gasteiger partial charge in [0.1, 0.15) is 0 Å². The third-order valence-corrected chi connectivity index (χ3v) is 5.72. The summed E-state index contributed by atoms with van der Waals surface area (Å²) in [4.78, 5) is 17.3. The van der Waals surface area contributed by atoms with Crippen LogP contribution in [0.15, 0.2) is 0 Å². The number of carbonyl (C=O) groups is 1. The lowest BCUT2D eigenvalue weighted by molar-refractivity contribution is -0.133. The van der Waals surface area contributed by atoms with E-state index in [1.165, 1.54) is 38.5 Å². The van der Waals surface area contributed by atoms with Crippen LogP contribution in [0.5, 0.6) is 0 Å². The molecule has 3 rings (SSSR count). The molecule has 0 bridgehead atoms. The van der Waals surface area contributed by atoms with Crippen LogP contribution in [-0.4, -0.2) is 53.6 Å². The third-order valence-electron chi connectivity index (χ3n) is 5.72. The molecular weight excluding hydrogens is 250 g/mol. The van der Waals surface area contributed by atoms with Crippen LogP contribution < -0.4 is 5.32 Å². The van der Waals surface area contributed by atoms with E-state index in [4.69, 9.17) is 0 Å². The molecule has 1 aliphatic heterocycles. The lowest BCUT2D eigenvalue weighted by Crippen LogP contribution is -2.45. The lowest BCUT2D eigenvalue weighted by atomic mass is 9.98. The van der Waals surface area contributed by atoms with E-state index in [-0.39, 0.29) is 11.7 Å². The van der Waals surface area contributed by atoms with Crippen molar-refractivity contribution in [2.45, 2.75) is 76.0 Å². The zero-order chi connectivity index (χ0) is 14.2. The van der Waals surface area contributed by atoms with Gasteiger partial charge >= 0.3 is 0 Å². The van der Waals surface area contributed by atoms with Crippen LogP contribution in [0.4, 0.5) is 0 Å². The van der Waals surface area contributed by atoms with Crippen molar-refractivity contribution >= 4 is 5.91 Å². The summed E-state index contributed by atoms with van der Waals surface area (Å²) in [6.07, 6.45) is 10.1. The van der Waals surface area contributed by atoms with Crippen molar-refractivity contribution in [2.75, 3.05) is 20.1 Å². The summed E-state index contributed by atoms with van der Waals surface area (Å²) in [5, 5.41) is 3.58. The van der Waals surface area contributed by atoms with Gasteiger partial charge in [-0.15, -0.1) is 0 Å². The number of hydrogen-bond donors (Lipinski definition) is 1. The number of likely N-dealkylation sites (N-methyl/N-ethyl adjacent to an activating group) is 1. The highest BCUT2D eigenvalue weighted by Crippen LogP contribution is 2.36. The predicted octanol–water partition coefficient (Wildman–Crippen LogP) is 1.95. The summed E-state index contributed by atoms with van der Waals surface area (Å²) in [7, 11) is 2.22. The maximum Gasteiger partial charge on any atom is 0.244 e. The number of nitrogens with one attached hydrogen (secondary N) is 1. The van der Waals surface area contributed by atoms with E-state index in [0.29, 0.717) is 5.91 Å². The molecule has 1 amide bonds. The number of rotatable bonds is 4. The molecule has 0 radical (unpaired) electrons. The van der Waals surface area contributed by atoms with E-state index in [1.54, 1.807) is 0 Å². The molecule has 4 nitrogen and oxygen atoms in total. The first-order valence-corrected chi connectivity index (χ1v) is 8.41. The van der Waals surface area contributed by atoms with Crippen molar-refractivity contribution in [1.82, 2.24) is 15.1 Å². The van der Waals surface area contributed by atoms with E-state index in [9.17, 15) is 4.79 Å². The first kappa shape index (κ1) is 14.3. The fourth-order valence-electron chi connectivity index (χ4n) is 4.42. The van der Waals surface area contributed by atoms with Gasteiger partial charge in [-0.3, -0.25) is 10.1 Å². The summed E-state index contributed by atoms with van der Waals surface area (Å²) >= 11 is 0. The highest BCUT2D eigenvalue weighted by atomic mass is 16.2. The van der Waals surface area contributed by atoms with Crippen LogP contribution in [0.1, 0.15) is 58.3 Å². The Hall–Kier alpha value is -0.610. The Morgan fingerprint density at radius 1 is 1.25 bits per heavy atom. The van der Waals surface area contributed by atoms with E-state index in [2.05, 4.69) is 29.1 Å². The molecule has 1 unspecified atom stereocenters. The Morgan fingerprint density at radius 3 is 2.55 bits per heavy atom. The molecule has 3 aliphatic rings. The monoisotopic (exact) mass is 279 g/mol. The van der Waals surface area contributed by atoms with Crippen molar-refractivity contribution in [1.29, 1.82) is 0 Å². The number of amides is 1. The molecule has 114 valence electrons. The van der Waals surface area contributed by atoms with Crippen LogP contribution in [0.2, 0.25) is 0 Å². The van der Waals surface area contributed by atoms with Crippen molar-refractivity contribution in [3.05, 3.63) is 0 Å². The standard InChI is InChI=1S/C16H29N3O/c1-13-17-16(9-5-6-10-16)15(20)19(13)12-11-18(2)14-7-3-4-8-14/h13-14,17H,3-12H2,1-2H3. The quantitative estimate of drug-likeness (QED) is 0.854. The minimum absolute atomic E-state index is 0.203. The summed E-state index contributed by atoms with van der Waals surface area (Å²) < 4.78 is 0. The zero-order valence-corrected chi connectivity index (χ0v) is 13.0. The van der Waals surface area contributed by atoms with Gasteiger partial charge in [0, 0.05) is 19.1 Å². The van der Waals surface area contributed by atoms with Crippen LogP contribution in [0.3, 0.4) is 0 Å².